The molecule has 0 unspecified atom stereocenters. The van der Waals surface area contributed by atoms with Crippen molar-refractivity contribution in [2.45, 2.75) is 36.3 Å². The molecule has 1 atom stereocenters. The molecule has 10 N–H and O–H groups in total. The van der Waals surface area contributed by atoms with Gasteiger partial charge in [-0.1, -0.05) is 54.6 Å². The maximum absolute atomic E-state index is 13.0. The van der Waals surface area contributed by atoms with Gasteiger partial charge in [-0.2, -0.15) is 31.1 Å². The number of hydrogen-bond donors (Lipinski definition) is 8. The van der Waals surface area contributed by atoms with Gasteiger partial charge in [-0.3, -0.25) is 15.6 Å². The number of carbonyl (C=O) groups is 3. The number of hydrogen-bond acceptors (Lipinski definition) is 7. The van der Waals surface area contributed by atoms with Crippen LogP contribution in [-0.4, -0.2) is 66.5 Å². The molecule has 0 aromatic heterocycles. The first-order valence-electron chi connectivity index (χ1n) is 12.9. The molecule has 0 fully saturated rings. The smallest absolute Gasteiger partial charge is 0.475 e. The lowest BCUT2D eigenvalue weighted by molar-refractivity contribution is -0.193. The van der Waals surface area contributed by atoms with Crippen molar-refractivity contribution in [1.29, 1.82) is 10.8 Å². The number of carboxylic acids is 2. The number of nitrogen functional groups attached to an aromatic ring is 2. The number of rotatable bonds is 10. The number of benzene rings is 3. The highest BCUT2D eigenvalue weighted by molar-refractivity contribution is 7.89. The number of amidine groups is 2. The Kier molecular flexibility index (Phi) is 14.7. The van der Waals surface area contributed by atoms with Crippen LogP contribution in [0.1, 0.15) is 22.3 Å². The van der Waals surface area contributed by atoms with E-state index < -0.39 is 46.3 Å². The fourth-order valence-corrected chi connectivity index (χ4v) is 4.42. The maximum Gasteiger partial charge on any atom is 0.490 e. The van der Waals surface area contributed by atoms with Gasteiger partial charge in [0.25, 0.3) is 0 Å². The zero-order chi connectivity index (χ0) is 36.9. The molecule has 3 rings (SSSR count). The first-order chi connectivity index (χ1) is 22.0. The van der Waals surface area contributed by atoms with Crippen molar-refractivity contribution < 1.29 is 59.4 Å². The monoisotopic (exact) mass is 706 g/mol. The summed E-state index contributed by atoms with van der Waals surface area (Å²) in [5.74, 6) is -6.22. The second-order valence-electron chi connectivity index (χ2n) is 9.24. The van der Waals surface area contributed by atoms with E-state index in [-0.39, 0.29) is 29.5 Å². The fourth-order valence-electron chi connectivity index (χ4n) is 3.22. The predicted octanol–water partition coefficient (Wildman–Crippen LogP) is 2.73. The molecular weight excluding hydrogens is 678 g/mol. The Labute approximate surface area is 268 Å². The lowest BCUT2D eigenvalue weighted by atomic mass is 10.1. The highest BCUT2D eigenvalue weighted by Gasteiger charge is 2.39. The number of aliphatic carboxylic acids is 2. The van der Waals surface area contributed by atoms with Gasteiger partial charge in [-0.15, -0.1) is 0 Å². The molecule has 0 heterocycles. The minimum absolute atomic E-state index is 0.0387. The van der Waals surface area contributed by atoms with Crippen molar-refractivity contribution in [2.24, 2.45) is 11.5 Å². The Hall–Kier alpha value is -5.50. The number of carboxylic acid groups (broad SMARTS) is 2. The van der Waals surface area contributed by atoms with Crippen LogP contribution in [0.3, 0.4) is 0 Å². The van der Waals surface area contributed by atoms with Gasteiger partial charge >= 0.3 is 24.3 Å². The SMILES string of the molecule is N=C(N)c1ccc(CNC(=O)[C@@H](Cc2ccccc2)NS(=O)(=O)c2ccc(C(=N)N)cc2)cc1.O=C(O)C(F)(F)F.O=C(O)C(F)(F)F. The Morgan fingerprint density at radius 3 is 1.48 bits per heavy atom. The van der Waals surface area contributed by atoms with E-state index >= 15 is 0 Å². The lowest BCUT2D eigenvalue weighted by Crippen LogP contribution is -2.47. The molecule has 3 aromatic rings. The molecule has 0 aliphatic heterocycles. The molecule has 0 radical (unpaired) electrons. The maximum atomic E-state index is 13.0. The van der Waals surface area contributed by atoms with Crippen LogP contribution in [-0.2, 0) is 37.4 Å². The summed E-state index contributed by atoms with van der Waals surface area (Å²) in [6.07, 6.45) is -10.0. The minimum atomic E-state index is -5.08. The third-order valence-electron chi connectivity index (χ3n) is 5.59. The molecule has 260 valence electrons. The predicted molar refractivity (Wildman–Crippen MR) is 158 cm³/mol. The molecule has 13 nitrogen and oxygen atoms in total. The van der Waals surface area contributed by atoms with Crippen LogP contribution in [0.25, 0.3) is 0 Å². The highest BCUT2D eigenvalue weighted by Crippen LogP contribution is 2.15. The van der Waals surface area contributed by atoms with E-state index in [1.807, 2.05) is 30.3 Å². The summed E-state index contributed by atoms with van der Waals surface area (Å²) in [5, 5.41) is 31.9. The minimum Gasteiger partial charge on any atom is -0.475 e. The fraction of sp³-hybridized carbons (Fsp3) is 0.179. The number of halogens is 6. The number of alkyl halides is 6. The van der Waals surface area contributed by atoms with Gasteiger partial charge in [0.2, 0.25) is 15.9 Å². The van der Waals surface area contributed by atoms with Crippen molar-refractivity contribution in [2.75, 3.05) is 0 Å². The summed E-state index contributed by atoms with van der Waals surface area (Å²) in [6.45, 7) is 0.178. The van der Waals surface area contributed by atoms with Crippen LogP contribution in [0.4, 0.5) is 26.3 Å². The molecule has 0 aliphatic rings. The first-order valence-corrected chi connectivity index (χ1v) is 14.3. The zero-order valence-electron chi connectivity index (χ0n) is 24.3. The van der Waals surface area contributed by atoms with Crippen LogP contribution in [0.15, 0.2) is 83.8 Å². The van der Waals surface area contributed by atoms with Crippen molar-refractivity contribution in [3.8, 4) is 0 Å². The number of sulfonamides is 1. The highest BCUT2D eigenvalue weighted by atomic mass is 32.2. The van der Waals surface area contributed by atoms with E-state index in [0.29, 0.717) is 11.1 Å². The number of nitrogens with one attached hydrogen (secondary N) is 4. The van der Waals surface area contributed by atoms with Crippen LogP contribution >= 0.6 is 0 Å². The van der Waals surface area contributed by atoms with Gasteiger partial charge in [0.05, 0.1) is 4.90 Å². The second kappa shape index (κ2) is 17.4. The molecule has 1 amide bonds. The van der Waals surface area contributed by atoms with Gasteiger partial charge in [-0.25, -0.2) is 18.0 Å². The quantitative estimate of drug-likeness (QED) is 0.0876. The van der Waals surface area contributed by atoms with Gasteiger partial charge < -0.3 is 27.0 Å². The molecule has 3 aromatic carbocycles. The van der Waals surface area contributed by atoms with E-state index in [0.717, 1.165) is 11.1 Å². The summed E-state index contributed by atoms with van der Waals surface area (Å²) in [5.41, 5.74) is 13.4. The Balaban J connectivity index is 0.000000687. The van der Waals surface area contributed by atoms with Gasteiger partial charge in [0.15, 0.2) is 0 Å². The van der Waals surface area contributed by atoms with E-state index in [1.54, 1.807) is 24.3 Å². The van der Waals surface area contributed by atoms with Crippen molar-refractivity contribution in [1.82, 2.24) is 10.0 Å². The Morgan fingerprint density at radius 2 is 1.10 bits per heavy atom. The molecule has 20 heteroatoms. The molecule has 0 aliphatic carbocycles. The summed E-state index contributed by atoms with van der Waals surface area (Å²) in [7, 11) is -4.02. The van der Waals surface area contributed by atoms with E-state index in [1.165, 1.54) is 24.3 Å². The van der Waals surface area contributed by atoms with Crippen LogP contribution in [0.2, 0.25) is 0 Å². The molecule has 0 spiro atoms. The Bertz CT molecular complexity index is 1660. The van der Waals surface area contributed by atoms with Crippen LogP contribution in [0.5, 0.6) is 0 Å². The molecule has 0 bridgehead atoms. The number of nitrogens with two attached hydrogens (primary N) is 2. The van der Waals surface area contributed by atoms with Gasteiger partial charge in [0.1, 0.15) is 17.7 Å². The van der Waals surface area contributed by atoms with Crippen LogP contribution < -0.4 is 21.5 Å². The third-order valence-corrected chi connectivity index (χ3v) is 7.08. The van der Waals surface area contributed by atoms with Gasteiger partial charge in [-0.05, 0) is 41.8 Å². The van der Waals surface area contributed by atoms with E-state index in [4.69, 9.17) is 42.1 Å². The van der Waals surface area contributed by atoms with Crippen molar-refractivity contribution in [3.63, 3.8) is 0 Å². The Morgan fingerprint density at radius 1 is 0.708 bits per heavy atom. The largest absolute Gasteiger partial charge is 0.490 e. The summed E-state index contributed by atoms with van der Waals surface area (Å²) < 4.78 is 91.9. The molecule has 0 saturated carbocycles. The lowest BCUT2D eigenvalue weighted by Gasteiger charge is -2.19. The standard InChI is InChI=1S/C24H26N6O3S.2C2HF3O2/c25-22(26)18-8-6-17(7-9-18)15-29-24(31)21(14-16-4-2-1-3-5-16)30-34(32,33)20-12-10-19(11-13-20)23(27)28;2*3-2(4,5)1(6)7/h1-13,21,30H,14-15H2,(H3,25,26)(H3,27,28)(H,29,31);2*(H,6,7)/t21-;;/m1../s1. The molecular formula is C28H28F6N6O7S. The molecule has 0 saturated heterocycles. The van der Waals surface area contributed by atoms with Crippen molar-refractivity contribution >= 4 is 39.5 Å². The average molecular weight is 707 g/mol. The normalized spacial score (nSPS) is 11.8. The number of amides is 1. The second-order valence-corrected chi connectivity index (χ2v) is 10.9. The average Bonchev–Trinajstić information content (AvgIpc) is 3.00. The van der Waals surface area contributed by atoms with Gasteiger partial charge in [0, 0.05) is 17.7 Å². The van der Waals surface area contributed by atoms with E-state index in [2.05, 4.69) is 10.0 Å². The number of carbonyl (C=O) groups excluding carboxylic acids is 1. The molecule has 48 heavy (non-hydrogen) atoms. The summed E-state index contributed by atoms with van der Waals surface area (Å²) in [6, 6.07) is 20.4. The topological polar surface area (TPSA) is 250 Å². The summed E-state index contributed by atoms with van der Waals surface area (Å²) in [4.78, 5) is 30.8. The van der Waals surface area contributed by atoms with E-state index in [9.17, 15) is 39.6 Å². The van der Waals surface area contributed by atoms with Crippen molar-refractivity contribution in [3.05, 3.63) is 101 Å². The third kappa shape index (κ3) is 14.3. The zero-order valence-corrected chi connectivity index (χ0v) is 25.1. The van der Waals surface area contributed by atoms with Crippen LogP contribution in [0, 0.1) is 10.8 Å². The summed E-state index contributed by atoms with van der Waals surface area (Å²) >= 11 is 0. The first kappa shape index (κ1) is 40.5.